The standard InChI is InChI=1S/C9H17NO5.C5H5N5.C5H6N2O2.C2H5NO2/c1-9(2,5-11)7(14)8(15)10-4-3-6(12)13;6-4-3-5(9-1-7-3)10-2-8-4;1-3-2-6-5(9)7-4(3)8;3-1-2(4)5/h7,11,14H,3-5H2,1-2H3,(H,10,15)(H,12,13);1-2H,(H3,6,7,8,9,10);2H,1H3,(H2,6,7,8,9);1,3H2,(H,4,5)/t7-;;;/m0.../s1. The van der Waals surface area contributed by atoms with Gasteiger partial charge in [0.15, 0.2) is 11.5 Å². The normalized spacial score (nSPS) is 10.9. The molecule has 0 aromatic carbocycles. The summed E-state index contributed by atoms with van der Waals surface area (Å²) in [7, 11) is 0. The van der Waals surface area contributed by atoms with Crippen LogP contribution in [0.4, 0.5) is 5.82 Å². The number of aromatic amines is 3. The molecule has 0 bridgehead atoms. The number of carbonyl (C=O) groups is 3. The van der Waals surface area contributed by atoms with Crippen LogP contribution < -0.4 is 28.0 Å². The van der Waals surface area contributed by atoms with Crippen LogP contribution in [0.15, 0.2) is 28.4 Å². The third-order valence-electron chi connectivity index (χ3n) is 4.46. The average molecular weight is 556 g/mol. The molecule has 0 unspecified atom stereocenters. The second-order valence-electron chi connectivity index (χ2n) is 8.20. The molecule has 3 aromatic rings. The van der Waals surface area contributed by atoms with Crippen LogP contribution in [0.3, 0.4) is 0 Å². The van der Waals surface area contributed by atoms with Crippen LogP contribution in [0.5, 0.6) is 0 Å². The van der Waals surface area contributed by atoms with E-state index in [0.29, 0.717) is 22.5 Å². The zero-order valence-corrected chi connectivity index (χ0v) is 21.5. The topological polar surface area (TPSA) is 316 Å². The molecule has 216 valence electrons. The minimum Gasteiger partial charge on any atom is -0.481 e. The molecular formula is C21H33N9O9. The molecule has 3 rings (SSSR count). The number of fused-ring (bicyclic) bond motifs is 1. The lowest BCUT2D eigenvalue weighted by atomic mass is 9.87. The number of aliphatic hydroxyl groups is 2. The van der Waals surface area contributed by atoms with Gasteiger partial charge in [-0.3, -0.25) is 24.2 Å². The Morgan fingerprint density at radius 1 is 1.10 bits per heavy atom. The van der Waals surface area contributed by atoms with E-state index in [0.717, 1.165) is 0 Å². The summed E-state index contributed by atoms with van der Waals surface area (Å²) in [6.45, 7) is 4.05. The average Bonchev–Trinajstić information content (AvgIpc) is 3.37. The molecule has 1 amide bonds. The molecule has 0 aliphatic heterocycles. The number of nitrogens with one attached hydrogen (secondary N) is 4. The van der Waals surface area contributed by atoms with E-state index in [4.69, 9.17) is 21.1 Å². The number of rotatable bonds is 7. The highest BCUT2D eigenvalue weighted by Crippen LogP contribution is 2.19. The second kappa shape index (κ2) is 16.9. The summed E-state index contributed by atoms with van der Waals surface area (Å²) in [4.78, 5) is 70.3. The van der Waals surface area contributed by atoms with E-state index in [2.05, 4.69) is 41.0 Å². The summed E-state index contributed by atoms with van der Waals surface area (Å²) >= 11 is 0. The maximum absolute atomic E-state index is 11.3. The number of anilines is 1. The second-order valence-corrected chi connectivity index (χ2v) is 8.20. The first-order valence-corrected chi connectivity index (χ1v) is 11.0. The Bertz CT molecular complexity index is 1320. The number of nitrogens with two attached hydrogens (primary N) is 2. The molecule has 1 atom stereocenters. The summed E-state index contributed by atoms with van der Waals surface area (Å²) in [6.07, 6.45) is 2.77. The van der Waals surface area contributed by atoms with Gasteiger partial charge in [-0.2, -0.15) is 0 Å². The number of carboxylic acid groups (broad SMARTS) is 2. The molecule has 18 nitrogen and oxygen atoms in total. The highest BCUT2D eigenvalue weighted by atomic mass is 16.4. The molecule has 12 N–H and O–H groups in total. The van der Waals surface area contributed by atoms with Crippen molar-refractivity contribution in [2.75, 3.05) is 25.4 Å². The van der Waals surface area contributed by atoms with Gasteiger partial charge in [0, 0.05) is 23.7 Å². The van der Waals surface area contributed by atoms with Crippen LogP contribution in [-0.2, 0) is 14.4 Å². The van der Waals surface area contributed by atoms with Crippen LogP contribution in [0.1, 0.15) is 25.8 Å². The lowest BCUT2D eigenvalue weighted by Crippen LogP contribution is -2.45. The van der Waals surface area contributed by atoms with E-state index in [-0.39, 0.29) is 31.7 Å². The fourth-order valence-electron chi connectivity index (χ4n) is 2.09. The van der Waals surface area contributed by atoms with Crippen molar-refractivity contribution in [1.82, 2.24) is 35.2 Å². The number of hydrogen-bond acceptors (Lipinski definition) is 12. The number of amides is 1. The number of aliphatic carboxylic acids is 2. The largest absolute Gasteiger partial charge is 0.481 e. The van der Waals surface area contributed by atoms with E-state index in [1.165, 1.54) is 32.7 Å². The Labute approximate surface area is 220 Å². The van der Waals surface area contributed by atoms with Crippen molar-refractivity contribution < 1.29 is 34.8 Å². The smallest absolute Gasteiger partial charge is 0.325 e. The van der Waals surface area contributed by atoms with Crippen molar-refractivity contribution in [1.29, 1.82) is 0 Å². The number of aliphatic hydroxyl groups excluding tert-OH is 2. The van der Waals surface area contributed by atoms with E-state index in [9.17, 15) is 29.1 Å². The van der Waals surface area contributed by atoms with Crippen molar-refractivity contribution in [2.45, 2.75) is 33.3 Å². The number of H-pyrrole nitrogens is 3. The van der Waals surface area contributed by atoms with Crippen LogP contribution in [0.2, 0.25) is 0 Å². The number of aromatic nitrogens is 6. The van der Waals surface area contributed by atoms with Gasteiger partial charge >= 0.3 is 17.6 Å². The van der Waals surface area contributed by atoms with Crippen LogP contribution in [-0.4, -0.2) is 94.0 Å². The first-order valence-electron chi connectivity index (χ1n) is 11.0. The molecule has 0 radical (unpaired) electrons. The Hall–Kier alpha value is -4.68. The molecule has 39 heavy (non-hydrogen) atoms. The van der Waals surface area contributed by atoms with Gasteiger partial charge in [-0.05, 0) is 6.92 Å². The molecule has 3 aromatic heterocycles. The summed E-state index contributed by atoms with van der Waals surface area (Å²) < 4.78 is 0. The van der Waals surface area contributed by atoms with Gasteiger partial charge in [-0.1, -0.05) is 13.8 Å². The predicted molar refractivity (Wildman–Crippen MR) is 137 cm³/mol. The van der Waals surface area contributed by atoms with Crippen molar-refractivity contribution in [3.05, 3.63) is 45.3 Å². The Balaban J connectivity index is 0.000000525. The van der Waals surface area contributed by atoms with Crippen LogP contribution in [0, 0.1) is 12.3 Å². The summed E-state index contributed by atoms with van der Waals surface area (Å²) in [5.41, 5.74) is 10.1. The van der Waals surface area contributed by atoms with E-state index < -0.39 is 35.1 Å². The lowest BCUT2D eigenvalue weighted by molar-refractivity contribution is -0.139. The minimum absolute atomic E-state index is 0.0350. The summed E-state index contributed by atoms with van der Waals surface area (Å²) in [6, 6.07) is 0. The molecule has 0 fully saturated rings. The Kier molecular flexibility index (Phi) is 14.9. The first kappa shape index (κ1) is 34.3. The third-order valence-corrected chi connectivity index (χ3v) is 4.46. The maximum atomic E-state index is 11.3. The summed E-state index contributed by atoms with van der Waals surface area (Å²) in [5, 5.41) is 36.6. The van der Waals surface area contributed by atoms with Gasteiger partial charge < -0.3 is 47.2 Å². The van der Waals surface area contributed by atoms with Crippen molar-refractivity contribution >= 4 is 34.8 Å². The Morgan fingerprint density at radius 2 is 1.72 bits per heavy atom. The van der Waals surface area contributed by atoms with Gasteiger partial charge in [-0.25, -0.2) is 19.7 Å². The van der Waals surface area contributed by atoms with Crippen LogP contribution >= 0.6 is 0 Å². The van der Waals surface area contributed by atoms with Crippen molar-refractivity contribution in [3.63, 3.8) is 0 Å². The zero-order chi connectivity index (χ0) is 30.2. The fourth-order valence-corrected chi connectivity index (χ4v) is 2.09. The summed E-state index contributed by atoms with van der Waals surface area (Å²) in [5.74, 6) is -2.25. The van der Waals surface area contributed by atoms with Crippen LogP contribution in [0.25, 0.3) is 11.2 Å². The number of nitrogen functional groups attached to an aromatic ring is 1. The lowest BCUT2D eigenvalue weighted by Gasteiger charge is -2.26. The number of aryl methyl sites for hydroxylation is 1. The number of hydrogen-bond donors (Lipinski definition) is 10. The van der Waals surface area contributed by atoms with Gasteiger partial charge in [0.25, 0.3) is 5.56 Å². The number of nitrogens with zero attached hydrogens (tertiary/aromatic N) is 3. The molecule has 3 heterocycles. The van der Waals surface area contributed by atoms with E-state index >= 15 is 0 Å². The molecular weight excluding hydrogens is 522 g/mol. The number of carbonyl (C=O) groups excluding carboxylic acids is 1. The maximum Gasteiger partial charge on any atom is 0.325 e. The molecule has 0 aliphatic rings. The highest BCUT2D eigenvalue weighted by molar-refractivity contribution is 5.82. The van der Waals surface area contributed by atoms with Gasteiger partial charge in [0.05, 0.1) is 25.9 Å². The van der Waals surface area contributed by atoms with Gasteiger partial charge in [0.1, 0.15) is 17.9 Å². The zero-order valence-electron chi connectivity index (χ0n) is 21.5. The highest BCUT2D eigenvalue weighted by Gasteiger charge is 2.32. The van der Waals surface area contributed by atoms with Crippen molar-refractivity contribution in [3.8, 4) is 0 Å². The van der Waals surface area contributed by atoms with E-state index in [1.807, 2.05) is 0 Å². The molecule has 0 spiro atoms. The number of imidazole rings is 1. The molecule has 18 heteroatoms. The van der Waals surface area contributed by atoms with Gasteiger partial charge in [0.2, 0.25) is 5.91 Å². The number of carboxylic acids is 2. The molecule has 0 aliphatic carbocycles. The quantitative estimate of drug-likeness (QED) is 0.142. The fraction of sp³-hybridized carbons (Fsp3) is 0.429. The minimum atomic E-state index is -1.35. The third kappa shape index (κ3) is 13.4. The monoisotopic (exact) mass is 555 g/mol. The molecule has 0 saturated heterocycles. The first-order chi connectivity index (χ1) is 18.2. The SMILES string of the molecule is CC(C)(CO)[C@@H](O)C(=O)NCCC(=O)O.Cc1c[nH]c(=O)[nH]c1=O.NCC(=O)O.Nc1ncnc2[nH]cnc12. The Morgan fingerprint density at radius 3 is 2.18 bits per heavy atom. The van der Waals surface area contributed by atoms with Gasteiger partial charge in [-0.15, -0.1) is 0 Å². The predicted octanol–water partition coefficient (Wildman–Crippen LogP) is -2.71. The van der Waals surface area contributed by atoms with Crippen molar-refractivity contribution in [2.24, 2.45) is 11.1 Å². The molecule has 0 saturated carbocycles. The van der Waals surface area contributed by atoms with E-state index in [1.54, 1.807) is 6.92 Å².